The summed E-state index contributed by atoms with van der Waals surface area (Å²) in [5, 5.41) is 0. The third kappa shape index (κ3) is 6.24. The molecule has 0 radical (unpaired) electrons. The van der Waals surface area contributed by atoms with Crippen LogP contribution < -0.4 is 0 Å². The predicted molar refractivity (Wildman–Crippen MR) is 111 cm³/mol. The number of allylic oxidation sites excluding steroid dienone is 2. The van der Waals surface area contributed by atoms with Gasteiger partial charge in [-0.3, -0.25) is 0 Å². The van der Waals surface area contributed by atoms with Gasteiger partial charge in [0.2, 0.25) is 0 Å². The Balaban J connectivity index is 2.33. The predicted octanol–water partition coefficient (Wildman–Crippen LogP) is 6.56. The molecular weight excluding hydrogens is 358 g/mol. The Morgan fingerprint density at radius 2 is 1.70 bits per heavy atom. The third-order valence-corrected chi connectivity index (χ3v) is 10.2. The molecule has 1 heterocycles. The molecule has 1 aromatic heterocycles. The van der Waals surface area contributed by atoms with Gasteiger partial charge in [0, 0.05) is 18.5 Å². The number of aryl methyl sites for hydroxylation is 1. The highest BCUT2D eigenvalue weighted by molar-refractivity contribution is 6.87. The van der Waals surface area contributed by atoms with Gasteiger partial charge in [-0.2, -0.15) is 0 Å². The second kappa shape index (κ2) is 9.59. The Bertz CT molecular complexity index is 715. The maximum Gasteiger partial charge on any atom is 0.251 e. The van der Waals surface area contributed by atoms with Crippen LogP contribution >= 0.6 is 0 Å². The smallest absolute Gasteiger partial charge is 0.234 e. The van der Waals surface area contributed by atoms with Crippen LogP contribution in [0, 0.1) is 18.4 Å². The van der Waals surface area contributed by atoms with E-state index in [-0.39, 0.29) is 12.8 Å². The van der Waals surface area contributed by atoms with E-state index in [0.29, 0.717) is 12.2 Å². The van der Waals surface area contributed by atoms with Gasteiger partial charge in [0.05, 0.1) is 0 Å². The van der Waals surface area contributed by atoms with Crippen LogP contribution in [0.2, 0.25) is 18.1 Å². The maximum atomic E-state index is 13.4. The molecule has 0 fully saturated rings. The number of alkyl halides is 2. The van der Waals surface area contributed by atoms with Crippen LogP contribution in [0.5, 0.6) is 0 Å². The summed E-state index contributed by atoms with van der Waals surface area (Å²) in [6.45, 7) is 8.65. The van der Waals surface area contributed by atoms with Crippen molar-refractivity contribution in [3.05, 3.63) is 29.4 Å². The zero-order chi connectivity index (χ0) is 19.9. The molecule has 1 aliphatic rings. The molecule has 5 heteroatoms. The zero-order valence-electron chi connectivity index (χ0n) is 17.2. The van der Waals surface area contributed by atoms with E-state index in [9.17, 15) is 8.78 Å². The van der Waals surface area contributed by atoms with Gasteiger partial charge >= 0.3 is 0 Å². The molecule has 0 saturated heterocycles. The fourth-order valence-electron chi connectivity index (χ4n) is 3.97. The number of halogens is 2. The van der Waals surface area contributed by atoms with Gasteiger partial charge in [0.15, 0.2) is 5.82 Å². The summed E-state index contributed by atoms with van der Waals surface area (Å²) < 4.78 is 26.8. The van der Waals surface area contributed by atoms with Crippen molar-refractivity contribution in [2.24, 2.45) is 0 Å². The highest BCUT2D eigenvalue weighted by atomic mass is 28.3. The number of hydrogen-bond acceptors (Lipinski definition) is 2. The Morgan fingerprint density at radius 1 is 1.07 bits per heavy atom. The molecule has 148 valence electrons. The van der Waals surface area contributed by atoms with Gasteiger partial charge in [-0.1, -0.05) is 52.0 Å². The molecule has 0 saturated carbocycles. The molecule has 0 unspecified atom stereocenters. The van der Waals surface area contributed by atoms with E-state index in [1.807, 2.05) is 13.0 Å². The molecule has 1 aromatic rings. The van der Waals surface area contributed by atoms with Crippen LogP contribution in [-0.2, 0) is 0 Å². The first-order valence-electron chi connectivity index (χ1n) is 10.3. The summed E-state index contributed by atoms with van der Waals surface area (Å²) in [5.74, 6) is 1.34. The topological polar surface area (TPSA) is 25.8 Å². The number of aromatic nitrogens is 2. The lowest BCUT2D eigenvalue weighted by Gasteiger charge is -2.24. The second-order valence-electron chi connectivity index (χ2n) is 7.79. The van der Waals surface area contributed by atoms with Crippen molar-refractivity contribution < 1.29 is 8.78 Å². The first-order chi connectivity index (χ1) is 12.8. The number of hydrogen-bond donors (Lipinski definition) is 0. The van der Waals surface area contributed by atoms with E-state index in [1.165, 1.54) is 37.4 Å². The van der Waals surface area contributed by atoms with Crippen molar-refractivity contribution in [1.29, 1.82) is 0 Å². The lowest BCUT2D eigenvalue weighted by atomic mass is 9.96. The van der Waals surface area contributed by atoms with Gasteiger partial charge in [-0.25, -0.2) is 18.7 Å². The maximum absolute atomic E-state index is 13.4. The summed E-state index contributed by atoms with van der Waals surface area (Å²) in [6, 6.07) is 5.62. The molecular formula is C22H32F2N2Si. The van der Waals surface area contributed by atoms with Crippen LogP contribution in [-0.4, -0.2) is 24.0 Å². The van der Waals surface area contributed by atoms with E-state index in [2.05, 4.69) is 42.2 Å². The van der Waals surface area contributed by atoms with Crippen molar-refractivity contribution in [3.63, 3.8) is 0 Å². The molecule has 0 atom stereocenters. The lowest BCUT2D eigenvalue weighted by molar-refractivity contribution is -0.00608. The lowest BCUT2D eigenvalue weighted by Crippen LogP contribution is -2.32. The molecule has 0 amide bonds. The van der Waals surface area contributed by atoms with Crippen LogP contribution in [0.3, 0.4) is 0 Å². The van der Waals surface area contributed by atoms with Gasteiger partial charge in [-0.15, -0.1) is 5.54 Å². The molecule has 0 aromatic carbocycles. The largest absolute Gasteiger partial charge is 0.251 e. The number of nitrogens with zero attached hydrogens (tertiary/aromatic N) is 2. The fraction of sp³-hybridized carbons (Fsp3) is 0.636. The van der Waals surface area contributed by atoms with E-state index in [1.54, 1.807) is 6.08 Å². The van der Waals surface area contributed by atoms with Crippen molar-refractivity contribution >= 4 is 13.6 Å². The zero-order valence-corrected chi connectivity index (χ0v) is 18.2. The minimum Gasteiger partial charge on any atom is -0.234 e. The van der Waals surface area contributed by atoms with Crippen molar-refractivity contribution in [2.75, 3.05) is 0 Å². The highest BCUT2D eigenvalue weighted by Gasteiger charge is 2.32. The normalized spacial score (nSPS) is 16.4. The summed E-state index contributed by atoms with van der Waals surface area (Å²) >= 11 is 0. The molecule has 1 aliphatic carbocycles. The molecule has 2 rings (SSSR count). The van der Waals surface area contributed by atoms with Gasteiger partial charge < -0.3 is 0 Å². The second-order valence-corrected chi connectivity index (χ2v) is 12.1. The van der Waals surface area contributed by atoms with Gasteiger partial charge in [-0.05, 0) is 43.1 Å². The minimum absolute atomic E-state index is 0.128. The fourth-order valence-corrected chi connectivity index (χ4v) is 8.36. The SMILES string of the molecule is CCC[Si](C#Cc1cc(C)nc(C2=CCC(F)(F)CC2)n1)(CCC)CCC. The Hall–Kier alpha value is -1.54. The van der Waals surface area contributed by atoms with Crippen LogP contribution in [0.1, 0.15) is 76.5 Å². The third-order valence-electron chi connectivity index (χ3n) is 5.19. The average Bonchev–Trinajstić information content (AvgIpc) is 2.60. The minimum atomic E-state index is -2.60. The molecule has 2 nitrogen and oxygen atoms in total. The first kappa shape index (κ1) is 21.8. The Labute approximate surface area is 163 Å². The Morgan fingerprint density at radius 3 is 2.22 bits per heavy atom. The van der Waals surface area contributed by atoms with Crippen molar-refractivity contribution in [3.8, 4) is 11.5 Å². The van der Waals surface area contributed by atoms with Gasteiger partial charge in [0.25, 0.3) is 5.92 Å². The molecule has 0 bridgehead atoms. The molecule has 27 heavy (non-hydrogen) atoms. The van der Waals surface area contributed by atoms with Crippen molar-refractivity contribution in [2.45, 2.75) is 90.3 Å². The van der Waals surface area contributed by atoms with E-state index >= 15 is 0 Å². The molecule has 0 spiro atoms. The first-order valence-corrected chi connectivity index (χ1v) is 12.9. The van der Waals surface area contributed by atoms with Crippen LogP contribution in [0.4, 0.5) is 8.78 Å². The standard InChI is InChI=1S/C22H32F2N2Si/c1-5-13-27(14-6-2,15-7-3)16-10-20-17-18(4)25-21(26-20)19-8-11-22(23,24)12-9-19/h8,17H,5-7,9,11-15H2,1-4H3. The molecule has 0 N–H and O–H groups in total. The van der Waals surface area contributed by atoms with Crippen molar-refractivity contribution in [1.82, 2.24) is 9.97 Å². The summed E-state index contributed by atoms with van der Waals surface area (Å²) in [4.78, 5) is 9.09. The van der Waals surface area contributed by atoms with Crippen LogP contribution in [0.15, 0.2) is 12.1 Å². The van der Waals surface area contributed by atoms with Crippen LogP contribution in [0.25, 0.3) is 5.57 Å². The summed E-state index contributed by atoms with van der Waals surface area (Å²) in [5.41, 5.74) is 6.08. The monoisotopic (exact) mass is 390 g/mol. The molecule has 0 aliphatic heterocycles. The van der Waals surface area contributed by atoms with E-state index in [4.69, 9.17) is 0 Å². The van der Waals surface area contributed by atoms with E-state index in [0.717, 1.165) is 17.0 Å². The summed E-state index contributed by atoms with van der Waals surface area (Å²) in [6.07, 6.45) is 5.10. The number of rotatable bonds is 7. The van der Waals surface area contributed by atoms with Gasteiger partial charge in [0.1, 0.15) is 13.8 Å². The highest BCUT2D eigenvalue weighted by Crippen LogP contribution is 2.35. The Kier molecular flexibility index (Phi) is 7.73. The quantitative estimate of drug-likeness (QED) is 0.389. The summed E-state index contributed by atoms with van der Waals surface area (Å²) in [7, 11) is -1.61. The van der Waals surface area contributed by atoms with E-state index < -0.39 is 14.0 Å². The average molecular weight is 391 g/mol.